The van der Waals surface area contributed by atoms with Gasteiger partial charge in [-0.05, 0) is 24.3 Å². The summed E-state index contributed by atoms with van der Waals surface area (Å²) in [6, 6.07) is 17.6. The Balaban J connectivity index is 1.46. The number of hydrogen-bond acceptors (Lipinski definition) is 14. The fourth-order valence-electron chi connectivity index (χ4n) is 6.52. The van der Waals surface area contributed by atoms with E-state index in [4.69, 9.17) is 66.3 Å². The molecule has 1 aliphatic rings. The summed E-state index contributed by atoms with van der Waals surface area (Å²) in [5.74, 6) is 1.72. The summed E-state index contributed by atoms with van der Waals surface area (Å²) in [6.45, 7) is 0.807. The third-order valence-corrected chi connectivity index (χ3v) is 9.04. The van der Waals surface area contributed by atoms with Gasteiger partial charge in [0.05, 0.1) is 81.2 Å². The molecule has 0 radical (unpaired) electrons. The highest BCUT2D eigenvalue weighted by Crippen LogP contribution is 2.54. The molecule has 0 spiro atoms. The zero-order valence-electron chi connectivity index (χ0n) is 32.3. The van der Waals surface area contributed by atoms with Crippen LogP contribution in [0.2, 0.25) is 0 Å². The minimum Gasteiger partial charge on any atom is -0.497 e. The van der Waals surface area contributed by atoms with Crippen molar-refractivity contribution in [1.82, 2.24) is 0 Å². The predicted octanol–water partition coefficient (Wildman–Crippen LogP) is 5.96. The highest BCUT2D eigenvalue weighted by atomic mass is 16.7. The maximum Gasteiger partial charge on any atom is 0.237 e. The van der Waals surface area contributed by atoms with Gasteiger partial charge in [-0.15, -0.1) is 0 Å². The molecule has 1 aliphatic heterocycles. The van der Waals surface area contributed by atoms with E-state index in [2.05, 4.69) is 0 Å². The number of methoxy groups -OCH3 is 10. The molecule has 4 aromatic carbocycles. The van der Waals surface area contributed by atoms with Crippen molar-refractivity contribution in [3.8, 4) is 57.5 Å². The summed E-state index contributed by atoms with van der Waals surface area (Å²) < 4.78 is 83.0. The first-order valence-electron chi connectivity index (χ1n) is 16.9. The predicted molar refractivity (Wildman–Crippen MR) is 197 cm³/mol. The highest BCUT2D eigenvalue weighted by Gasteiger charge is 2.50. The van der Waals surface area contributed by atoms with Gasteiger partial charge >= 0.3 is 0 Å². The molecule has 0 bridgehead atoms. The smallest absolute Gasteiger partial charge is 0.237 e. The molecule has 1 fully saturated rings. The van der Waals surface area contributed by atoms with Crippen molar-refractivity contribution in [1.29, 1.82) is 0 Å². The molecule has 5 rings (SSSR count). The Morgan fingerprint density at radius 3 is 1.26 bits per heavy atom. The SMILES string of the molecule is COc1ccc(C(OC)(OC)c2ccc(OC)cc2OCCOc2cc(OC)c(C3(c4c(OC)cc(OC)cc4OC)OCCO3)c(OC)c2)c(OC)c1. The van der Waals surface area contributed by atoms with E-state index >= 15 is 0 Å². The first kappa shape index (κ1) is 39.9. The molecular weight excluding hydrogens is 704 g/mol. The van der Waals surface area contributed by atoms with E-state index < -0.39 is 11.6 Å². The molecule has 4 aromatic rings. The topological polar surface area (TPSA) is 129 Å². The van der Waals surface area contributed by atoms with Crippen LogP contribution < -0.4 is 47.4 Å². The van der Waals surface area contributed by atoms with Crippen LogP contribution in [0.3, 0.4) is 0 Å². The van der Waals surface area contributed by atoms with Gasteiger partial charge in [-0.1, -0.05) is 0 Å². The van der Waals surface area contributed by atoms with Crippen LogP contribution in [0, 0.1) is 0 Å². The van der Waals surface area contributed by atoms with Crippen molar-refractivity contribution in [2.24, 2.45) is 0 Å². The van der Waals surface area contributed by atoms with Crippen LogP contribution in [-0.2, 0) is 30.5 Å². The van der Waals surface area contributed by atoms with Crippen molar-refractivity contribution in [2.75, 3.05) is 97.5 Å². The maximum atomic E-state index is 6.39. The Labute approximate surface area is 315 Å². The second-order valence-corrected chi connectivity index (χ2v) is 11.6. The van der Waals surface area contributed by atoms with E-state index in [1.54, 1.807) is 105 Å². The number of benzene rings is 4. The molecule has 1 heterocycles. The van der Waals surface area contributed by atoms with Gasteiger partial charge in [-0.3, -0.25) is 0 Å². The van der Waals surface area contributed by atoms with Crippen LogP contribution in [0.25, 0.3) is 0 Å². The lowest BCUT2D eigenvalue weighted by molar-refractivity contribution is -0.185. The highest BCUT2D eigenvalue weighted by molar-refractivity contribution is 5.62. The quantitative estimate of drug-likeness (QED) is 0.0826. The summed E-state index contributed by atoms with van der Waals surface area (Å²) >= 11 is 0. The Morgan fingerprint density at radius 2 is 0.833 bits per heavy atom. The first-order chi connectivity index (χ1) is 26.3. The Hall–Kier alpha value is -5.28. The average molecular weight is 753 g/mol. The Bertz CT molecular complexity index is 1820. The summed E-state index contributed by atoms with van der Waals surface area (Å²) in [4.78, 5) is 0. The Kier molecular flexibility index (Phi) is 13.1. The van der Waals surface area contributed by atoms with Crippen molar-refractivity contribution in [3.63, 3.8) is 0 Å². The van der Waals surface area contributed by atoms with Gasteiger partial charge in [-0.2, -0.15) is 0 Å². The van der Waals surface area contributed by atoms with E-state index in [-0.39, 0.29) is 26.4 Å². The van der Waals surface area contributed by atoms with Crippen molar-refractivity contribution in [3.05, 3.63) is 82.9 Å². The van der Waals surface area contributed by atoms with Gasteiger partial charge in [0.1, 0.15) is 81.8 Å². The summed E-state index contributed by atoms with van der Waals surface area (Å²) in [7, 11) is 15.5. The van der Waals surface area contributed by atoms with Gasteiger partial charge in [0.25, 0.3) is 0 Å². The van der Waals surface area contributed by atoms with Crippen LogP contribution in [0.1, 0.15) is 22.3 Å². The molecule has 0 amide bonds. The van der Waals surface area contributed by atoms with Crippen molar-refractivity contribution >= 4 is 0 Å². The fourth-order valence-corrected chi connectivity index (χ4v) is 6.52. The average Bonchev–Trinajstić information content (AvgIpc) is 3.72. The zero-order chi connectivity index (χ0) is 38.9. The van der Waals surface area contributed by atoms with Crippen LogP contribution in [0.4, 0.5) is 0 Å². The van der Waals surface area contributed by atoms with E-state index in [1.807, 2.05) is 12.1 Å². The van der Waals surface area contributed by atoms with Gasteiger partial charge in [0, 0.05) is 50.6 Å². The van der Waals surface area contributed by atoms with E-state index in [0.29, 0.717) is 79.7 Å². The molecule has 0 aromatic heterocycles. The molecule has 0 unspecified atom stereocenters. The summed E-state index contributed by atoms with van der Waals surface area (Å²) in [5, 5.41) is 0. The first-order valence-corrected chi connectivity index (χ1v) is 16.9. The summed E-state index contributed by atoms with van der Waals surface area (Å²) in [6.07, 6.45) is 0. The zero-order valence-corrected chi connectivity index (χ0v) is 32.3. The monoisotopic (exact) mass is 752 g/mol. The summed E-state index contributed by atoms with van der Waals surface area (Å²) in [5.41, 5.74) is 2.10. The van der Waals surface area contributed by atoms with Crippen LogP contribution >= 0.6 is 0 Å². The number of rotatable bonds is 19. The normalized spacial score (nSPS) is 13.5. The largest absolute Gasteiger partial charge is 0.497 e. The lowest BCUT2D eigenvalue weighted by Gasteiger charge is -2.34. The maximum absolute atomic E-state index is 6.39. The molecule has 0 N–H and O–H groups in total. The van der Waals surface area contributed by atoms with Gasteiger partial charge < -0.3 is 66.3 Å². The standard InChI is InChI=1S/C40H48O14/c1-41-25-11-13-29(31(19-25)44-4)39(49-9,50-10)30-14-12-26(42-2)20-32(30)52-16-15-51-28-23-35(47-7)38(36(24-28)48-8)40(53-17-18-54-40)37-33(45-5)21-27(43-3)22-34(37)46-6/h11-14,19-24H,15-18H2,1-10H3. The minimum absolute atomic E-state index is 0.117. The molecule has 0 saturated carbocycles. The molecule has 0 atom stereocenters. The van der Waals surface area contributed by atoms with Crippen LogP contribution in [0.5, 0.6) is 57.5 Å². The molecule has 292 valence electrons. The van der Waals surface area contributed by atoms with E-state index in [9.17, 15) is 0 Å². The molecule has 0 aliphatic carbocycles. The third kappa shape index (κ3) is 7.42. The Morgan fingerprint density at radius 1 is 0.444 bits per heavy atom. The molecule has 14 heteroatoms. The molecule has 54 heavy (non-hydrogen) atoms. The van der Waals surface area contributed by atoms with Crippen LogP contribution in [-0.4, -0.2) is 97.5 Å². The lowest BCUT2D eigenvalue weighted by Crippen LogP contribution is -2.33. The van der Waals surface area contributed by atoms with Crippen molar-refractivity contribution in [2.45, 2.75) is 11.6 Å². The lowest BCUT2D eigenvalue weighted by atomic mass is 9.93. The second-order valence-electron chi connectivity index (χ2n) is 11.6. The third-order valence-electron chi connectivity index (χ3n) is 9.04. The second kappa shape index (κ2) is 17.7. The fraction of sp³-hybridized carbons (Fsp3) is 0.400. The van der Waals surface area contributed by atoms with E-state index in [1.165, 1.54) is 14.2 Å². The minimum atomic E-state index is -1.52. The molecule has 1 saturated heterocycles. The van der Waals surface area contributed by atoms with Gasteiger partial charge in [0.15, 0.2) is 0 Å². The van der Waals surface area contributed by atoms with E-state index in [0.717, 1.165) is 0 Å². The van der Waals surface area contributed by atoms with Gasteiger partial charge in [0.2, 0.25) is 11.6 Å². The number of ether oxygens (including phenoxy) is 14. The molecule has 14 nitrogen and oxygen atoms in total. The van der Waals surface area contributed by atoms with Crippen LogP contribution in [0.15, 0.2) is 60.7 Å². The number of hydrogen-bond donors (Lipinski definition) is 0. The van der Waals surface area contributed by atoms with Crippen molar-refractivity contribution < 1.29 is 66.3 Å². The molecular formula is C40H48O14. The van der Waals surface area contributed by atoms with Gasteiger partial charge in [-0.25, -0.2) is 0 Å².